The first-order chi connectivity index (χ1) is 14.6. The van der Waals surface area contributed by atoms with Gasteiger partial charge in [-0.25, -0.2) is 0 Å². The van der Waals surface area contributed by atoms with Gasteiger partial charge in [-0.3, -0.25) is 5.32 Å². The minimum absolute atomic E-state index is 0.852. The van der Waals surface area contributed by atoms with Gasteiger partial charge in [0.1, 0.15) is 0 Å². The lowest BCUT2D eigenvalue weighted by Crippen LogP contribution is -2.30. The third kappa shape index (κ3) is 5.51. The quantitative estimate of drug-likeness (QED) is 0.354. The molecule has 30 heavy (non-hydrogen) atoms. The molecule has 0 amide bonds. The SMILES string of the molecule is C=C(C)CCC=C(C)CNC=P(c1ccccc1)(c1ccccc1)c1ccccc1. The van der Waals surface area contributed by atoms with E-state index in [1.165, 1.54) is 27.1 Å². The fourth-order valence-electron chi connectivity index (χ4n) is 3.64. The molecule has 3 rings (SSSR count). The average molecular weight is 414 g/mol. The van der Waals surface area contributed by atoms with E-state index in [0.717, 1.165) is 19.4 Å². The zero-order valence-corrected chi connectivity index (χ0v) is 19.0. The summed E-state index contributed by atoms with van der Waals surface area (Å²) in [6, 6.07) is 32.7. The van der Waals surface area contributed by atoms with Crippen molar-refractivity contribution < 1.29 is 0 Å². The highest BCUT2D eigenvalue weighted by molar-refractivity contribution is 7.94. The molecule has 2 heteroatoms. The summed E-state index contributed by atoms with van der Waals surface area (Å²) in [5.41, 5.74) is 2.60. The Labute approximate surface area is 182 Å². The first-order valence-electron chi connectivity index (χ1n) is 10.6. The molecule has 3 aromatic carbocycles. The highest BCUT2D eigenvalue weighted by Crippen LogP contribution is 2.42. The summed E-state index contributed by atoms with van der Waals surface area (Å²) in [6.45, 7) is 7.22. The molecule has 154 valence electrons. The first kappa shape index (κ1) is 22.1. The molecule has 0 saturated carbocycles. The predicted octanol–water partition coefficient (Wildman–Crippen LogP) is 5.63. The van der Waals surface area contributed by atoms with Gasteiger partial charge in [0.25, 0.3) is 0 Å². The summed E-state index contributed by atoms with van der Waals surface area (Å²) in [5.74, 6) is 2.38. The molecular weight excluding hydrogens is 381 g/mol. The summed E-state index contributed by atoms with van der Waals surface area (Å²) in [4.78, 5) is 0. The molecule has 0 radical (unpaired) electrons. The monoisotopic (exact) mass is 413 g/mol. The molecule has 0 spiro atoms. The van der Waals surface area contributed by atoms with Crippen molar-refractivity contribution in [1.29, 1.82) is 0 Å². The second-order valence-corrected chi connectivity index (χ2v) is 11.0. The van der Waals surface area contributed by atoms with Gasteiger partial charge in [-0.05, 0) is 55.4 Å². The third-order valence-corrected chi connectivity index (χ3v) is 9.13. The lowest BCUT2D eigenvalue weighted by molar-refractivity contribution is 0.942. The molecule has 0 saturated heterocycles. The lowest BCUT2D eigenvalue weighted by atomic mass is 10.1. The average Bonchev–Trinajstić information content (AvgIpc) is 2.78. The largest absolute Gasteiger partial charge is 0.290 e. The molecular formula is C28H32NP. The highest BCUT2D eigenvalue weighted by Gasteiger charge is 2.24. The van der Waals surface area contributed by atoms with E-state index >= 15 is 0 Å². The van der Waals surface area contributed by atoms with Gasteiger partial charge in [-0.2, -0.15) is 0 Å². The standard InChI is InChI=1S/C28H32NP/c1-24(2)14-13-15-25(3)22-29-23-30(26-16-7-4-8-17-26,27-18-9-5-10-19-27)28-20-11-6-12-21-28/h4-12,15-21,23,29H,1,13-14,22H2,2-3H3. The third-order valence-electron chi connectivity index (χ3n) is 5.22. The lowest BCUT2D eigenvalue weighted by Gasteiger charge is -2.28. The van der Waals surface area contributed by atoms with Gasteiger partial charge in [0, 0.05) is 6.54 Å². The van der Waals surface area contributed by atoms with E-state index in [1.807, 2.05) is 0 Å². The molecule has 0 bridgehead atoms. The number of allylic oxidation sites excluding steroid dienone is 2. The second-order valence-electron chi connectivity index (χ2n) is 7.79. The Balaban J connectivity index is 2.05. The molecule has 0 fully saturated rings. The zero-order valence-electron chi connectivity index (χ0n) is 18.1. The Morgan fingerprint density at radius 1 is 0.767 bits per heavy atom. The van der Waals surface area contributed by atoms with Crippen LogP contribution in [0.3, 0.4) is 0 Å². The van der Waals surface area contributed by atoms with Crippen molar-refractivity contribution in [3.8, 4) is 0 Å². The van der Waals surface area contributed by atoms with Crippen LogP contribution in [0.15, 0.2) is 115 Å². The number of hydrogen-bond donors (Lipinski definition) is 1. The number of hydrogen-bond acceptors (Lipinski definition) is 0. The van der Waals surface area contributed by atoms with Crippen LogP contribution in [0.25, 0.3) is 0 Å². The maximum atomic E-state index is 4.00. The van der Waals surface area contributed by atoms with E-state index in [4.69, 9.17) is 0 Å². The van der Waals surface area contributed by atoms with Gasteiger partial charge in [0.2, 0.25) is 0 Å². The number of nitrogens with one attached hydrogen (secondary N) is 1. The van der Waals surface area contributed by atoms with Gasteiger partial charge in [0.05, 0.1) is 0 Å². The molecule has 0 aromatic heterocycles. The zero-order chi connectivity index (χ0) is 21.2. The Kier molecular flexibility index (Phi) is 8.08. The highest BCUT2D eigenvalue weighted by atomic mass is 31.2. The van der Waals surface area contributed by atoms with Crippen LogP contribution in [-0.2, 0) is 0 Å². The van der Waals surface area contributed by atoms with Crippen LogP contribution < -0.4 is 21.2 Å². The van der Waals surface area contributed by atoms with E-state index in [2.05, 4.69) is 129 Å². The summed E-state index contributed by atoms with van der Waals surface area (Å²) >= 11 is 0. The molecule has 1 N–H and O–H groups in total. The topological polar surface area (TPSA) is 12.0 Å². The number of rotatable bonds is 9. The summed E-state index contributed by atoms with van der Waals surface area (Å²) in [6.07, 6.45) is 4.43. The van der Waals surface area contributed by atoms with Crippen LogP contribution in [0, 0.1) is 0 Å². The van der Waals surface area contributed by atoms with Gasteiger partial charge >= 0.3 is 0 Å². The van der Waals surface area contributed by atoms with Crippen LogP contribution in [0.4, 0.5) is 0 Å². The Morgan fingerprint density at radius 3 is 1.60 bits per heavy atom. The van der Waals surface area contributed by atoms with E-state index in [9.17, 15) is 0 Å². The predicted molar refractivity (Wildman–Crippen MR) is 137 cm³/mol. The Hall–Kier alpha value is -2.60. The van der Waals surface area contributed by atoms with Crippen LogP contribution >= 0.6 is 6.89 Å². The van der Waals surface area contributed by atoms with Gasteiger partial charge in [-0.1, -0.05) is 108 Å². The molecule has 3 aromatic rings. The molecule has 0 heterocycles. The van der Waals surface area contributed by atoms with E-state index < -0.39 is 6.89 Å². The summed E-state index contributed by atoms with van der Waals surface area (Å²) in [5, 5.41) is 7.77. The summed E-state index contributed by atoms with van der Waals surface area (Å²) in [7, 11) is 0. The van der Waals surface area contributed by atoms with E-state index in [-0.39, 0.29) is 0 Å². The summed E-state index contributed by atoms with van der Waals surface area (Å²) < 4.78 is 0. The fraction of sp³-hybridized carbons (Fsp3) is 0.179. The first-order valence-corrected chi connectivity index (χ1v) is 12.4. The minimum Gasteiger partial charge on any atom is -0.290 e. The molecule has 0 aliphatic carbocycles. The minimum atomic E-state index is -1.93. The molecule has 0 atom stereocenters. The van der Waals surface area contributed by atoms with E-state index in [1.54, 1.807) is 0 Å². The maximum absolute atomic E-state index is 4.00. The van der Waals surface area contributed by atoms with E-state index in [0.29, 0.717) is 0 Å². The maximum Gasteiger partial charge on any atom is 0.0202 e. The van der Waals surface area contributed by atoms with Crippen molar-refractivity contribution in [2.45, 2.75) is 26.7 Å². The van der Waals surface area contributed by atoms with Crippen LogP contribution in [0.2, 0.25) is 0 Å². The van der Waals surface area contributed by atoms with Crippen LogP contribution in [-0.4, -0.2) is 12.5 Å². The second kappa shape index (κ2) is 11.0. The van der Waals surface area contributed by atoms with Crippen molar-refractivity contribution in [2.24, 2.45) is 0 Å². The van der Waals surface area contributed by atoms with Gasteiger partial charge in [-0.15, -0.1) is 6.58 Å². The van der Waals surface area contributed by atoms with Crippen molar-refractivity contribution in [3.63, 3.8) is 0 Å². The van der Waals surface area contributed by atoms with Gasteiger partial charge < -0.3 is 0 Å². The molecule has 0 aliphatic heterocycles. The fourth-order valence-corrected chi connectivity index (χ4v) is 7.27. The smallest absolute Gasteiger partial charge is 0.0202 e. The molecule has 0 aliphatic rings. The number of benzene rings is 3. The van der Waals surface area contributed by atoms with Crippen LogP contribution in [0.5, 0.6) is 0 Å². The molecule has 1 nitrogen and oxygen atoms in total. The Bertz CT molecular complexity index is 915. The van der Waals surface area contributed by atoms with Crippen molar-refractivity contribution in [2.75, 3.05) is 6.54 Å². The van der Waals surface area contributed by atoms with Gasteiger partial charge in [0.15, 0.2) is 0 Å². The normalized spacial score (nSPS) is 11.9. The van der Waals surface area contributed by atoms with Crippen molar-refractivity contribution >= 4 is 28.7 Å². The molecule has 0 unspecified atom stereocenters. The Morgan fingerprint density at radius 2 is 1.20 bits per heavy atom. The van der Waals surface area contributed by atoms with Crippen LogP contribution in [0.1, 0.15) is 26.7 Å². The van der Waals surface area contributed by atoms with Crippen molar-refractivity contribution in [1.82, 2.24) is 5.32 Å². The van der Waals surface area contributed by atoms with Crippen molar-refractivity contribution in [3.05, 3.63) is 115 Å².